The van der Waals surface area contributed by atoms with Crippen LogP contribution >= 0.6 is 0 Å². The van der Waals surface area contributed by atoms with Gasteiger partial charge in [-0.3, -0.25) is 9.00 Å². The minimum Gasteiger partial charge on any atom is -0.348 e. The number of amides is 1. The summed E-state index contributed by atoms with van der Waals surface area (Å²) in [5.41, 5.74) is 1.35. The number of nitrogens with one attached hydrogen (secondary N) is 1. The third-order valence-electron chi connectivity index (χ3n) is 3.75. The monoisotopic (exact) mass is 358 g/mol. The number of carbonyl (C=O) groups is 1. The first kappa shape index (κ1) is 18.1. The maximum Gasteiger partial charge on any atom is 0.251 e. The number of benzene rings is 1. The van der Waals surface area contributed by atoms with Gasteiger partial charge in [0.15, 0.2) is 0 Å². The van der Waals surface area contributed by atoms with E-state index in [1.807, 2.05) is 6.07 Å². The third-order valence-corrected chi connectivity index (χ3v) is 5.76. The molecule has 1 aliphatic rings. The number of hydrogen-bond acceptors (Lipinski definition) is 4. The van der Waals surface area contributed by atoms with E-state index in [4.69, 9.17) is 0 Å². The molecular formula is C15H22N2O4S2. The van der Waals surface area contributed by atoms with Crippen molar-refractivity contribution < 1.29 is 17.4 Å². The molecule has 23 heavy (non-hydrogen) atoms. The maximum absolute atomic E-state index is 12.4. The molecule has 1 aromatic carbocycles. The quantitative estimate of drug-likeness (QED) is 0.841. The summed E-state index contributed by atoms with van der Waals surface area (Å²) in [5.74, 6) is 0.181. The number of rotatable bonds is 5. The molecule has 6 nitrogen and oxygen atoms in total. The summed E-state index contributed by atoms with van der Waals surface area (Å²) in [4.78, 5) is 12.4. The molecule has 0 aliphatic carbocycles. The first-order valence-electron chi connectivity index (χ1n) is 7.40. The fourth-order valence-electron chi connectivity index (χ4n) is 2.67. The van der Waals surface area contributed by atoms with Crippen LogP contribution < -0.4 is 5.32 Å². The topological polar surface area (TPSA) is 83.6 Å². The zero-order valence-corrected chi connectivity index (χ0v) is 15.0. The van der Waals surface area contributed by atoms with Gasteiger partial charge in [0.1, 0.15) is 0 Å². The Kier molecular flexibility index (Phi) is 5.94. The van der Waals surface area contributed by atoms with Gasteiger partial charge in [0.25, 0.3) is 5.91 Å². The Bertz CT molecular complexity index is 703. The molecule has 2 rings (SSSR count). The smallest absolute Gasteiger partial charge is 0.251 e. The number of hydrogen-bond donors (Lipinski definition) is 1. The van der Waals surface area contributed by atoms with E-state index in [9.17, 15) is 17.4 Å². The highest BCUT2D eigenvalue weighted by Crippen LogP contribution is 2.14. The van der Waals surface area contributed by atoms with Gasteiger partial charge in [-0.1, -0.05) is 12.1 Å². The SMILES string of the molecule is CS(=O)Cc1cccc(C(=O)NC2CCCN(S(C)(=O)=O)C2)c1. The molecule has 1 amide bonds. The normalized spacial score (nSPS) is 20.9. The Morgan fingerprint density at radius 1 is 1.43 bits per heavy atom. The highest BCUT2D eigenvalue weighted by Gasteiger charge is 2.27. The van der Waals surface area contributed by atoms with Gasteiger partial charge in [-0.05, 0) is 30.5 Å². The van der Waals surface area contributed by atoms with Crippen LogP contribution in [0.25, 0.3) is 0 Å². The molecule has 1 aromatic rings. The average Bonchev–Trinajstić information content (AvgIpc) is 2.46. The summed E-state index contributed by atoms with van der Waals surface area (Å²) in [7, 11) is -4.20. The zero-order valence-electron chi connectivity index (χ0n) is 13.3. The molecule has 2 atom stereocenters. The lowest BCUT2D eigenvalue weighted by Crippen LogP contribution is -2.49. The molecular weight excluding hydrogens is 336 g/mol. The second kappa shape index (κ2) is 7.55. The lowest BCUT2D eigenvalue weighted by atomic mass is 10.1. The van der Waals surface area contributed by atoms with Crippen LogP contribution in [0.3, 0.4) is 0 Å². The van der Waals surface area contributed by atoms with E-state index in [2.05, 4.69) is 5.32 Å². The lowest BCUT2D eigenvalue weighted by molar-refractivity contribution is 0.0921. The highest BCUT2D eigenvalue weighted by atomic mass is 32.2. The van der Waals surface area contributed by atoms with E-state index in [0.717, 1.165) is 18.4 Å². The fraction of sp³-hybridized carbons (Fsp3) is 0.533. The van der Waals surface area contributed by atoms with Crippen molar-refractivity contribution in [1.82, 2.24) is 9.62 Å². The van der Waals surface area contributed by atoms with E-state index < -0.39 is 20.8 Å². The van der Waals surface area contributed by atoms with E-state index in [1.165, 1.54) is 10.6 Å². The molecule has 1 heterocycles. The maximum atomic E-state index is 12.4. The van der Waals surface area contributed by atoms with Crippen molar-refractivity contribution in [2.75, 3.05) is 25.6 Å². The predicted octanol–water partition coefficient (Wildman–Crippen LogP) is 0.719. The average molecular weight is 358 g/mol. The molecule has 1 fully saturated rings. The van der Waals surface area contributed by atoms with Crippen molar-refractivity contribution in [2.45, 2.75) is 24.6 Å². The van der Waals surface area contributed by atoms with Crippen LogP contribution in [-0.2, 0) is 26.6 Å². The summed E-state index contributed by atoms with van der Waals surface area (Å²) in [6.45, 7) is 0.812. The summed E-state index contributed by atoms with van der Waals surface area (Å²) in [5, 5.41) is 2.90. The molecule has 1 aliphatic heterocycles. The largest absolute Gasteiger partial charge is 0.348 e. The highest BCUT2D eigenvalue weighted by molar-refractivity contribution is 7.88. The first-order chi connectivity index (χ1) is 10.8. The van der Waals surface area contributed by atoms with Crippen molar-refractivity contribution in [3.05, 3.63) is 35.4 Å². The van der Waals surface area contributed by atoms with Gasteiger partial charge in [-0.2, -0.15) is 0 Å². The number of carbonyl (C=O) groups excluding carboxylic acids is 1. The molecule has 1 N–H and O–H groups in total. The standard InChI is InChI=1S/C15H22N2O4S2/c1-22(19)11-12-5-3-6-13(9-12)15(18)16-14-7-4-8-17(10-14)23(2,20)21/h3,5-6,9,14H,4,7-8,10-11H2,1-2H3,(H,16,18). The Labute approximate surface area is 139 Å². The van der Waals surface area contributed by atoms with Gasteiger partial charge in [-0.25, -0.2) is 12.7 Å². The van der Waals surface area contributed by atoms with Gasteiger partial charge in [0.2, 0.25) is 10.0 Å². The summed E-state index contributed by atoms with van der Waals surface area (Å²) in [6.07, 6.45) is 4.30. The van der Waals surface area contributed by atoms with Gasteiger partial charge in [-0.15, -0.1) is 0 Å². The summed E-state index contributed by atoms with van der Waals surface area (Å²) in [6, 6.07) is 6.85. The number of nitrogens with zero attached hydrogens (tertiary/aromatic N) is 1. The van der Waals surface area contributed by atoms with Gasteiger partial charge >= 0.3 is 0 Å². The summed E-state index contributed by atoms with van der Waals surface area (Å²) < 4.78 is 35.9. The van der Waals surface area contributed by atoms with Gasteiger partial charge in [0.05, 0.1) is 6.26 Å². The van der Waals surface area contributed by atoms with Crippen LogP contribution in [0.5, 0.6) is 0 Å². The number of piperidine rings is 1. The molecule has 0 aromatic heterocycles. The third kappa shape index (κ3) is 5.40. The Balaban J connectivity index is 2.03. The number of sulfonamides is 1. The molecule has 1 saturated heterocycles. The minimum absolute atomic E-state index is 0.185. The van der Waals surface area contributed by atoms with Crippen LogP contribution in [0, 0.1) is 0 Å². The van der Waals surface area contributed by atoms with E-state index >= 15 is 0 Å². The van der Waals surface area contributed by atoms with E-state index in [1.54, 1.807) is 24.5 Å². The van der Waals surface area contributed by atoms with Crippen molar-refractivity contribution >= 4 is 26.7 Å². The van der Waals surface area contributed by atoms with Gasteiger partial charge in [0, 0.05) is 47.5 Å². The molecule has 0 bridgehead atoms. The van der Waals surface area contributed by atoms with Crippen LogP contribution in [0.4, 0.5) is 0 Å². The predicted molar refractivity (Wildman–Crippen MR) is 91.1 cm³/mol. The van der Waals surface area contributed by atoms with Crippen molar-refractivity contribution in [3.63, 3.8) is 0 Å². The molecule has 8 heteroatoms. The second-order valence-corrected chi connectivity index (χ2v) is 9.27. The fourth-order valence-corrected chi connectivity index (χ4v) is 4.23. The second-order valence-electron chi connectivity index (χ2n) is 5.85. The van der Waals surface area contributed by atoms with Crippen LogP contribution in [-0.4, -0.2) is 54.5 Å². The Morgan fingerprint density at radius 3 is 2.83 bits per heavy atom. The van der Waals surface area contributed by atoms with Crippen molar-refractivity contribution in [1.29, 1.82) is 0 Å². The molecule has 0 saturated carbocycles. The molecule has 0 spiro atoms. The van der Waals surface area contributed by atoms with Crippen molar-refractivity contribution in [3.8, 4) is 0 Å². The molecule has 2 unspecified atom stereocenters. The van der Waals surface area contributed by atoms with Crippen molar-refractivity contribution in [2.24, 2.45) is 0 Å². The van der Waals surface area contributed by atoms with Crippen LogP contribution in [0.15, 0.2) is 24.3 Å². The van der Waals surface area contributed by atoms with Crippen LogP contribution in [0.1, 0.15) is 28.8 Å². The zero-order chi connectivity index (χ0) is 17.0. The first-order valence-corrected chi connectivity index (χ1v) is 11.0. The van der Waals surface area contributed by atoms with Gasteiger partial charge < -0.3 is 5.32 Å². The molecule has 0 radical (unpaired) electrons. The summed E-state index contributed by atoms with van der Waals surface area (Å²) >= 11 is 0. The van der Waals surface area contributed by atoms with Crippen LogP contribution in [0.2, 0.25) is 0 Å². The molecule has 128 valence electrons. The Hall–Kier alpha value is -1.25. The van der Waals surface area contributed by atoms with E-state index in [0.29, 0.717) is 24.4 Å². The lowest BCUT2D eigenvalue weighted by Gasteiger charge is -2.31. The minimum atomic E-state index is -3.23. The van der Waals surface area contributed by atoms with E-state index in [-0.39, 0.29) is 11.9 Å². The Morgan fingerprint density at radius 2 is 2.17 bits per heavy atom.